The topological polar surface area (TPSA) is 80.9 Å². The first-order chi connectivity index (χ1) is 9.81. The zero-order valence-electron chi connectivity index (χ0n) is 10.9. The van der Waals surface area contributed by atoms with Gasteiger partial charge in [0.2, 0.25) is 5.95 Å². The van der Waals surface area contributed by atoms with Crippen LogP contribution in [0.5, 0.6) is 0 Å². The summed E-state index contributed by atoms with van der Waals surface area (Å²) in [7, 11) is 1.65. The van der Waals surface area contributed by atoms with E-state index < -0.39 is 17.5 Å². The molecule has 0 saturated carbocycles. The van der Waals surface area contributed by atoms with E-state index in [0.717, 1.165) is 12.1 Å². The van der Waals surface area contributed by atoms with Crippen molar-refractivity contribution < 1.29 is 18.0 Å². The highest BCUT2D eigenvalue weighted by molar-refractivity contribution is 6.00. The molecule has 21 heavy (non-hydrogen) atoms. The molecule has 8 heteroatoms. The van der Waals surface area contributed by atoms with Gasteiger partial charge in [-0.1, -0.05) is 24.3 Å². The third-order valence-corrected chi connectivity index (χ3v) is 2.70. The highest BCUT2D eigenvalue weighted by atomic mass is 19.4. The molecule has 0 spiro atoms. The number of hydrogen-bond acceptors (Lipinski definition) is 5. The number of benzene rings is 1. The summed E-state index contributed by atoms with van der Waals surface area (Å²) < 4.78 is 36.9. The zero-order valence-corrected chi connectivity index (χ0v) is 10.9. The largest absolute Gasteiger partial charge is 0.454 e. The number of nitrogens with zero attached hydrogens (tertiary/aromatic N) is 2. The van der Waals surface area contributed by atoms with E-state index in [1.54, 1.807) is 13.1 Å². The number of nitrogens with one attached hydrogen (secondary N) is 1. The molecule has 0 amide bonds. The number of carbonyl (C=O) groups is 1. The van der Waals surface area contributed by atoms with Crippen molar-refractivity contribution in [1.29, 1.82) is 0 Å². The summed E-state index contributed by atoms with van der Waals surface area (Å²) in [5.41, 5.74) is 6.08. The van der Waals surface area contributed by atoms with Gasteiger partial charge < -0.3 is 11.1 Å². The van der Waals surface area contributed by atoms with E-state index in [9.17, 15) is 18.0 Å². The number of alkyl halides is 3. The number of rotatable bonds is 3. The van der Waals surface area contributed by atoms with Gasteiger partial charge in [0, 0.05) is 24.2 Å². The van der Waals surface area contributed by atoms with E-state index in [2.05, 4.69) is 15.3 Å². The van der Waals surface area contributed by atoms with Crippen LogP contribution in [0.2, 0.25) is 0 Å². The molecule has 0 aliphatic heterocycles. The number of carbonyl (C=O) groups excluding carboxylic acids is 1. The van der Waals surface area contributed by atoms with E-state index in [1.807, 2.05) is 0 Å². The van der Waals surface area contributed by atoms with Gasteiger partial charge in [0.05, 0.1) is 5.69 Å². The van der Waals surface area contributed by atoms with Gasteiger partial charge in [-0.3, -0.25) is 4.79 Å². The maximum Gasteiger partial charge on any atom is 0.454 e. The van der Waals surface area contributed by atoms with Crippen LogP contribution in [0.3, 0.4) is 0 Å². The third-order valence-electron chi connectivity index (χ3n) is 2.70. The molecule has 0 fully saturated rings. The summed E-state index contributed by atoms with van der Waals surface area (Å²) in [6, 6.07) is 6.54. The van der Waals surface area contributed by atoms with E-state index >= 15 is 0 Å². The molecular weight excluding hydrogens is 285 g/mol. The maximum absolute atomic E-state index is 12.3. The third kappa shape index (κ3) is 3.28. The van der Waals surface area contributed by atoms with Gasteiger partial charge in [-0.2, -0.15) is 18.2 Å². The van der Waals surface area contributed by atoms with Crippen molar-refractivity contribution in [2.24, 2.45) is 0 Å². The predicted molar refractivity (Wildman–Crippen MR) is 71.8 cm³/mol. The van der Waals surface area contributed by atoms with Crippen LogP contribution in [-0.4, -0.2) is 29.0 Å². The van der Waals surface area contributed by atoms with Gasteiger partial charge >= 0.3 is 6.18 Å². The minimum absolute atomic E-state index is 0.0345. The lowest BCUT2D eigenvalue weighted by atomic mass is 10.1. The SMILES string of the molecule is CNc1cc(-c2ccc(C(=O)C(F)(F)F)cc2)nc(N)n1. The summed E-state index contributed by atoms with van der Waals surface area (Å²) in [6.45, 7) is 0. The first kappa shape index (κ1) is 14.8. The molecule has 0 aliphatic carbocycles. The highest BCUT2D eigenvalue weighted by Gasteiger charge is 2.39. The first-order valence-corrected chi connectivity index (χ1v) is 5.85. The Morgan fingerprint density at radius 1 is 1.19 bits per heavy atom. The second kappa shape index (κ2) is 5.39. The minimum atomic E-state index is -4.89. The zero-order chi connectivity index (χ0) is 15.6. The lowest BCUT2D eigenvalue weighted by Gasteiger charge is -2.07. The molecule has 2 rings (SSSR count). The molecule has 0 radical (unpaired) electrons. The summed E-state index contributed by atoms with van der Waals surface area (Å²) in [6.07, 6.45) is -4.89. The van der Waals surface area contributed by atoms with Crippen LogP contribution in [0.1, 0.15) is 10.4 Å². The van der Waals surface area contributed by atoms with Gasteiger partial charge in [-0.05, 0) is 0 Å². The Balaban J connectivity index is 2.35. The van der Waals surface area contributed by atoms with E-state index in [4.69, 9.17) is 5.73 Å². The number of anilines is 2. The van der Waals surface area contributed by atoms with Gasteiger partial charge in [0.1, 0.15) is 5.82 Å². The Labute approximate surface area is 118 Å². The Morgan fingerprint density at radius 3 is 2.33 bits per heavy atom. The van der Waals surface area contributed by atoms with E-state index in [-0.39, 0.29) is 5.95 Å². The van der Waals surface area contributed by atoms with Crippen molar-refractivity contribution in [3.05, 3.63) is 35.9 Å². The summed E-state index contributed by atoms with van der Waals surface area (Å²) in [5.74, 6) is -1.37. The molecule has 0 unspecified atom stereocenters. The average molecular weight is 296 g/mol. The van der Waals surface area contributed by atoms with Crippen LogP contribution in [0.15, 0.2) is 30.3 Å². The molecule has 110 valence electrons. The highest BCUT2D eigenvalue weighted by Crippen LogP contribution is 2.25. The molecular formula is C13H11F3N4O. The van der Waals surface area contributed by atoms with Crippen molar-refractivity contribution in [3.8, 4) is 11.3 Å². The van der Waals surface area contributed by atoms with Crippen LogP contribution in [-0.2, 0) is 0 Å². The standard InChI is InChI=1S/C13H11F3N4O/c1-18-10-6-9(19-12(17)20-10)7-2-4-8(5-3-7)11(21)13(14,15)16/h2-6H,1H3,(H3,17,18,19,20). The molecule has 3 N–H and O–H groups in total. The molecule has 1 aromatic heterocycles. The Morgan fingerprint density at radius 2 is 1.81 bits per heavy atom. The van der Waals surface area contributed by atoms with E-state index in [0.29, 0.717) is 17.1 Å². The Bertz CT molecular complexity index is 668. The molecule has 1 aromatic carbocycles. The fraction of sp³-hybridized carbons (Fsp3) is 0.154. The number of halogens is 3. The predicted octanol–water partition coefficient (Wildman–Crippen LogP) is 2.51. The second-order valence-corrected chi connectivity index (χ2v) is 4.15. The van der Waals surface area contributed by atoms with Crippen LogP contribution in [0.25, 0.3) is 11.3 Å². The summed E-state index contributed by atoms with van der Waals surface area (Å²) >= 11 is 0. The lowest BCUT2D eigenvalue weighted by molar-refractivity contribution is -0.0885. The number of ketones is 1. The van der Waals surface area contributed by atoms with Gasteiger partial charge in [-0.15, -0.1) is 0 Å². The number of aromatic nitrogens is 2. The quantitative estimate of drug-likeness (QED) is 0.851. The molecule has 0 atom stereocenters. The van der Waals surface area contributed by atoms with Crippen molar-refractivity contribution in [3.63, 3.8) is 0 Å². The molecule has 0 bridgehead atoms. The first-order valence-electron chi connectivity index (χ1n) is 5.85. The van der Waals surface area contributed by atoms with Gasteiger partial charge in [0.15, 0.2) is 0 Å². The lowest BCUT2D eigenvalue weighted by Crippen LogP contribution is -2.22. The Kier molecular flexibility index (Phi) is 3.79. The molecule has 0 saturated heterocycles. The van der Waals surface area contributed by atoms with E-state index in [1.165, 1.54) is 12.1 Å². The number of hydrogen-bond donors (Lipinski definition) is 2. The van der Waals surface area contributed by atoms with Gasteiger partial charge in [0.25, 0.3) is 5.78 Å². The fourth-order valence-electron chi connectivity index (χ4n) is 1.70. The molecule has 1 heterocycles. The van der Waals surface area contributed by atoms with Crippen molar-refractivity contribution >= 4 is 17.5 Å². The van der Waals surface area contributed by atoms with Crippen LogP contribution < -0.4 is 11.1 Å². The van der Waals surface area contributed by atoms with Crippen molar-refractivity contribution in [2.45, 2.75) is 6.18 Å². The smallest absolute Gasteiger partial charge is 0.373 e. The van der Waals surface area contributed by atoms with Crippen LogP contribution in [0, 0.1) is 0 Å². The second-order valence-electron chi connectivity index (χ2n) is 4.15. The number of nitrogen functional groups attached to an aromatic ring is 1. The van der Waals surface area contributed by atoms with Gasteiger partial charge in [-0.25, -0.2) is 4.98 Å². The molecule has 2 aromatic rings. The number of nitrogens with two attached hydrogens (primary N) is 1. The summed E-state index contributed by atoms with van der Waals surface area (Å²) in [4.78, 5) is 19.0. The maximum atomic E-state index is 12.3. The normalized spacial score (nSPS) is 11.2. The minimum Gasteiger partial charge on any atom is -0.373 e. The van der Waals surface area contributed by atoms with Crippen molar-refractivity contribution in [2.75, 3.05) is 18.1 Å². The monoisotopic (exact) mass is 296 g/mol. The molecule has 0 aliphatic rings. The Hall–Kier alpha value is -2.64. The van der Waals surface area contributed by atoms with Crippen LogP contribution >= 0.6 is 0 Å². The number of Topliss-reactive ketones (excluding diaryl/α,β-unsaturated/α-hetero) is 1. The average Bonchev–Trinajstić information content (AvgIpc) is 2.45. The molecule has 5 nitrogen and oxygen atoms in total. The summed E-state index contributed by atoms with van der Waals surface area (Å²) in [5, 5.41) is 2.79. The van der Waals surface area contributed by atoms with Crippen molar-refractivity contribution in [1.82, 2.24) is 9.97 Å². The fourth-order valence-corrected chi connectivity index (χ4v) is 1.70. The van der Waals surface area contributed by atoms with Crippen LogP contribution in [0.4, 0.5) is 24.9 Å².